The van der Waals surface area contributed by atoms with Crippen LogP contribution in [0.4, 0.5) is 16.8 Å². The Balaban J connectivity index is 1.15. The number of nitrogens with one attached hydrogen (secondary N) is 2. The Morgan fingerprint density at radius 2 is 1.82 bits per heavy atom. The van der Waals surface area contributed by atoms with Crippen LogP contribution in [0, 0.1) is 6.92 Å². The van der Waals surface area contributed by atoms with Crippen molar-refractivity contribution in [2.75, 3.05) is 28.6 Å². The van der Waals surface area contributed by atoms with E-state index in [1.165, 1.54) is 11.3 Å². The Morgan fingerprint density at radius 3 is 2.62 bits per heavy atom. The van der Waals surface area contributed by atoms with E-state index < -0.39 is 0 Å². The van der Waals surface area contributed by atoms with E-state index >= 15 is 0 Å². The molecule has 0 spiro atoms. The molecule has 1 fully saturated rings. The van der Waals surface area contributed by atoms with E-state index in [1.54, 1.807) is 12.1 Å². The van der Waals surface area contributed by atoms with Gasteiger partial charge in [0.1, 0.15) is 5.01 Å². The number of benzene rings is 2. The zero-order chi connectivity index (χ0) is 27.2. The van der Waals surface area contributed by atoms with E-state index in [0.29, 0.717) is 16.0 Å². The standard InChI is InChI=1S/C28H28ClN7O2S/c1-18-6-4-7-19(14-18)15-25(37)30-23-11-12-24(33-32-23)36-13-5-9-21(17-36)27-34-35-28(39-27)31-26(38)16-20-8-2-3-10-22(20)29/h2-4,6-8,10-12,14,21H,5,9,13,15-17H2,1H3,(H,30,32,37)(H,31,35,38). The molecule has 2 aromatic heterocycles. The highest BCUT2D eigenvalue weighted by molar-refractivity contribution is 7.15. The maximum absolute atomic E-state index is 12.5. The summed E-state index contributed by atoms with van der Waals surface area (Å²) in [6, 6.07) is 18.8. The fourth-order valence-electron chi connectivity index (χ4n) is 4.57. The SMILES string of the molecule is Cc1cccc(CC(=O)Nc2ccc(N3CCCC(c4nnc(NC(=O)Cc5ccccc5Cl)s4)C3)nn2)c1. The molecular weight excluding hydrogens is 534 g/mol. The molecule has 1 unspecified atom stereocenters. The lowest BCUT2D eigenvalue weighted by molar-refractivity contribution is -0.116. The highest BCUT2D eigenvalue weighted by atomic mass is 35.5. The topological polar surface area (TPSA) is 113 Å². The molecule has 1 saturated heterocycles. The summed E-state index contributed by atoms with van der Waals surface area (Å²) < 4.78 is 0. The van der Waals surface area contributed by atoms with Crippen molar-refractivity contribution in [2.45, 2.75) is 38.5 Å². The lowest BCUT2D eigenvalue weighted by Crippen LogP contribution is -2.35. The number of halogens is 1. The summed E-state index contributed by atoms with van der Waals surface area (Å²) in [6.07, 6.45) is 2.39. The van der Waals surface area contributed by atoms with Crippen LogP contribution in [-0.2, 0) is 22.4 Å². The molecular formula is C28H28ClN7O2S. The molecule has 1 atom stereocenters. The van der Waals surface area contributed by atoms with Gasteiger partial charge in [-0.1, -0.05) is 71.0 Å². The molecule has 2 amide bonds. The van der Waals surface area contributed by atoms with Crippen molar-refractivity contribution in [3.05, 3.63) is 87.4 Å². The molecule has 9 nitrogen and oxygen atoms in total. The minimum absolute atomic E-state index is 0.133. The third-order valence-electron chi connectivity index (χ3n) is 6.46. The van der Waals surface area contributed by atoms with E-state index in [4.69, 9.17) is 11.6 Å². The third-order valence-corrected chi connectivity index (χ3v) is 7.83. The minimum atomic E-state index is -0.183. The maximum atomic E-state index is 12.5. The number of aryl methyl sites for hydroxylation is 1. The molecule has 2 aromatic carbocycles. The van der Waals surface area contributed by atoms with Gasteiger partial charge in [0, 0.05) is 24.0 Å². The first-order chi connectivity index (χ1) is 18.9. The van der Waals surface area contributed by atoms with Crippen LogP contribution in [0.15, 0.2) is 60.7 Å². The second-order valence-corrected chi connectivity index (χ2v) is 11.0. The van der Waals surface area contributed by atoms with Crippen molar-refractivity contribution in [3.63, 3.8) is 0 Å². The third kappa shape index (κ3) is 7.15. The van der Waals surface area contributed by atoms with Gasteiger partial charge in [0.15, 0.2) is 11.6 Å². The molecule has 200 valence electrons. The number of piperidine rings is 1. The van der Waals surface area contributed by atoms with Gasteiger partial charge in [-0.2, -0.15) is 0 Å². The number of hydrogen-bond donors (Lipinski definition) is 2. The van der Waals surface area contributed by atoms with Crippen LogP contribution in [-0.4, -0.2) is 45.3 Å². The molecule has 4 aromatic rings. The number of amides is 2. The van der Waals surface area contributed by atoms with Crippen molar-refractivity contribution in [3.8, 4) is 0 Å². The molecule has 0 saturated carbocycles. The number of hydrogen-bond acceptors (Lipinski definition) is 8. The number of anilines is 3. The Hall–Kier alpha value is -3.89. The normalized spacial score (nSPS) is 15.1. The molecule has 0 radical (unpaired) electrons. The van der Waals surface area contributed by atoms with E-state index in [9.17, 15) is 9.59 Å². The van der Waals surface area contributed by atoms with Crippen LogP contribution in [0.1, 0.15) is 40.5 Å². The molecule has 2 N–H and O–H groups in total. The molecule has 1 aliphatic rings. The van der Waals surface area contributed by atoms with Crippen molar-refractivity contribution in [2.24, 2.45) is 0 Å². The lowest BCUT2D eigenvalue weighted by atomic mass is 9.99. The van der Waals surface area contributed by atoms with Crippen LogP contribution >= 0.6 is 22.9 Å². The van der Waals surface area contributed by atoms with Gasteiger partial charge < -0.3 is 15.5 Å². The molecule has 39 heavy (non-hydrogen) atoms. The molecule has 5 rings (SSSR count). The van der Waals surface area contributed by atoms with Crippen LogP contribution in [0.5, 0.6) is 0 Å². The molecule has 0 aliphatic carbocycles. The lowest BCUT2D eigenvalue weighted by Gasteiger charge is -2.32. The number of carbonyl (C=O) groups is 2. The van der Waals surface area contributed by atoms with Gasteiger partial charge in [0.05, 0.1) is 12.8 Å². The Morgan fingerprint density at radius 1 is 0.974 bits per heavy atom. The number of nitrogens with zero attached hydrogens (tertiary/aromatic N) is 5. The quantitative estimate of drug-likeness (QED) is 0.310. The van der Waals surface area contributed by atoms with Crippen molar-refractivity contribution in [1.29, 1.82) is 0 Å². The highest BCUT2D eigenvalue weighted by Crippen LogP contribution is 2.32. The van der Waals surface area contributed by atoms with Gasteiger partial charge in [-0.3, -0.25) is 9.59 Å². The Kier molecular flexibility index (Phi) is 8.43. The van der Waals surface area contributed by atoms with E-state index in [1.807, 2.05) is 55.5 Å². The molecule has 0 bridgehead atoms. The van der Waals surface area contributed by atoms with Gasteiger partial charge in [-0.25, -0.2) is 0 Å². The number of rotatable bonds is 8. The molecule has 11 heteroatoms. The summed E-state index contributed by atoms with van der Waals surface area (Å²) in [7, 11) is 0. The average Bonchev–Trinajstić information content (AvgIpc) is 3.39. The summed E-state index contributed by atoms with van der Waals surface area (Å²) in [4.78, 5) is 27.1. The zero-order valence-electron chi connectivity index (χ0n) is 21.4. The monoisotopic (exact) mass is 561 g/mol. The van der Waals surface area contributed by atoms with Gasteiger partial charge >= 0.3 is 0 Å². The number of carbonyl (C=O) groups excluding carboxylic acids is 2. The van der Waals surface area contributed by atoms with Gasteiger partial charge in [-0.15, -0.1) is 20.4 Å². The first-order valence-electron chi connectivity index (χ1n) is 12.7. The van der Waals surface area contributed by atoms with Crippen LogP contribution in [0.3, 0.4) is 0 Å². The second kappa shape index (κ2) is 12.3. The summed E-state index contributed by atoms with van der Waals surface area (Å²) in [6.45, 7) is 3.57. The van der Waals surface area contributed by atoms with Crippen LogP contribution in [0.2, 0.25) is 5.02 Å². The van der Waals surface area contributed by atoms with Crippen molar-refractivity contribution < 1.29 is 9.59 Å². The second-order valence-electron chi connectivity index (χ2n) is 9.54. The maximum Gasteiger partial charge on any atom is 0.230 e. The predicted octanol–water partition coefficient (Wildman–Crippen LogP) is 5.04. The summed E-state index contributed by atoms with van der Waals surface area (Å²) in [5.74, 6) is 1.02. The highest BCUT2D eigenvalue weighted by Gasteiger charge is 2.26. The van der Waals surface area contributed by atoms with E-state index in [-0.39, 0.29) is 30.6 Å². The fourth-order valence-corrected chi connectivity index (χ4v) is 5.66. The molecule has 3 heterocycles. The fraction of sp³-hybridized carbons (Fsp3) is 0.286. The van der Waals surface area contributed by atoms with Crippen LogP contribution < -0.4 is 15.5 Å². The van der Waals surface area contributed by atoms with E-state index in [2.05, 4.69) is 35.9 Å². The van der Waals surface area contributed by atoms with Crippen LogP contribution in [0.25, 0.3) is 0 Å². The van der Waals surface area contributed by atoms with Gasteiger partial charge in [0.25, 0.3) is 0 Å². The average molecular weight is 562 g/mol. The first-order valence-corrected chi connectivity index (χ1v) is 13.9. The van der Waals surface area contributed by atoms with Gasteiger partial charge in [0.2, 0.25) is 16.9 Å². The summed E-state index contributed by atoms with van der Waals surface area (Å²) in [5, 5.41) is 24.7. The smallest absolute Gasteiger partial charge is 0.230 e. The molecule has 1 aliphatic heterocycles. The number of aromatic nitrogens is 4. The van der Waals surface area contributed by atoms with Gasteiger partial charge in [-0.05, 0) is 49.1 Å². The van der Waals surface area contributed by atoms with Crippen molar-refractivity contribution in [1.82, 2.24) is 20.4 Å². The van der Waals surface area contributed by atoms with E-state index in [0.717, 1.165) is 53.4 Å². The van der Waals surface area contributed by atoms with Crippen molar-refractivity contribution >= 4 is 51.5 Å². The predicted molar refractivity (Wildman–Crippen MR) is 153 cm³/mol. The first kappa shape index (κ1) is 26.7. The zero-order valence-corrected chi connectivity index (χ0v) is 23.0. The largest absolute Gasteiger partial charge is 0.354 e. The Bertz CT molecular complexity index is 1460. The summed E-state index contributed by atoms with van der Waals surface area (Å²) in [5.41, 5.74) is 2.84. The minimum Gasteiger partial charge on any atom is -0.354 e. The Labute approximate surface area is 235 Å². The summed E-state index contributed by atoms with van der Waals surface area (Å²) >= 11 is 7.56.